The number of benzene rings is 1. The molecule has 2 nitrogen and oxygen atoms in total. The van der Waals surface area contributed by atoms with Crippen molar-refractivity contribution in [1.29, 1.82) is 0 Å². The molecule has 0 saturated heterocycles. The Bertz CT molecular complexity index is 461. The van der Waals surface area contributed by atoms with E-state index >= 15 is 0 Å². The fourth-order valence-electron chi connectivity index (χ4n) is 2.33. The second-order valence-corrected chi connectivity index (χ2v) is 7.85. The minimum Gasteiger partial charge on any atom is -0.352 e. The Morgan fingerprint density at radius 3 is 2.74 bits per heavy atom. The van der Waals surface area contributed by atoms with Crippen molar-refractivity contribution in [2.45, 2.75) is 30.5 Å². The maximum Gasteiger partial charge on any atom is 0.252 e. The zero-order valence-electron chi connectivity index (χ0n) is 10.5. The highest BCUT2D eigenvalue weighted by atomic mass is 127. The fourth-order valence-corrected chi connectivity index (χ4v) is 3.61. The van der Waals surface area contributed by atoms with Crippen molar-refractivity contribution in [1.82, 2.24) is 5.32 Å². The van der Waals surface area contributed by atoms with Gasteiger partial charge in [0.15, 0.2) is 0 Å². The van der Waals surface area contributed by atoms with Gasteiger partial charge >= 0.3 is 0 Å². The number of hydrogen-bond donors (Lipinski definition) is 1. The molecule has 19 heavy (non-hydrogen) atoms. The first-order chi connectivity index (χ1) is 9.06. The summed E-state index contributed by atoms with van der Waals surface area (Å²) in [6.45, 7) is 0.765. The molecule has 0 bridgehead atoms. The van der Waals surface area contributed by atoms with Gasteiger partial charge in [-0.15, -0.1) is 0 Å². The van der Waals surface area contributed by atoms with Gasteiger partial charge in [0.25, 0.3) is 5.91 Å². The first-order valence-corrected chi connectivity index (χ1v) is 8.81. The average Bonchev–Trinajstić information content (AvgIpc) is 2.40. The number of carbonyl (C=O) groups excluding carboxylic acids is 1. The van der Waals surface area contributed by atoms with Gasteiger partial charge in [-0.25, -0.2) is 0 Å². The van der Waals surface area contributed by atoms with Crippen molar-refractivity contribution in [3.8, 4) is 0 Å². The lowest BCUT2D eigenvalue weighted by molar-refractivity contribution is 0.0943. The summed E-state index contributed by atoms with van der Waals surface area (Å²) < 4.78 is 0.934. The van der Waals surface area contributed by atoms with Gasteiger partial charge in [0.2, 0.25) is 0 Å². The molecular weight excluding hydrogens is 440 g/mol. The summed E-state index contributed by atoms with van der Waals surface area (Å²) in [7, 11) is 0. The molecule has 0 heterocycles. The lowest BCUT2D eigenvalue weighted by atomic mass is 9.89. The molecule has 0 unspecified atom stereocenters. The Labute approximate surface area is 140 Å². The number of carbonyl (C=O) groups is 1. The van der Waals surface area contributed by atoms with Gasteiger partial charge in [-0.3, -0.25) is 4.79 Å². The summed E-state index contributed by atoms with van der Waals surface area (Å²) in [5.41, 5.74) is 0.669. The Hall–Kier alpha value is 0.190. The van der Waals surface area contributed by atoms with E-state index in [-0.39, 0.29) is 5.91 Å². The van der Waals surface area contributed by atoms with Crippen LogP contribution in [-0.2, 0) is 0 Å². The lowest BCUT2D eigenvalue weighted by Gasteiger charge is -2.25. The van der Waals surface area contributed by atoms with Gasteiger partial charge < -0.3 is 5.32 Å². The van der Waals surface area contributed by atoms with E-state index < -0.39 is 0 Å². The summed E-state index contributed by atoms with van der Waals surface area (Å²) in [4.78, 5) is 12.8. The SMILES string of the molecule is O=C(NCC1CCC(Br)CC1)c1cc(Cl)ccc1I. The molecule has 1 aliphatic carbocycles. The van der Waals surface area contributed by atoms with Crippen LogP contribution in [0.15, 0.2) is 18.2 Å². The maximum absolute atomic E-state index is 12.1. The second kappa shape index (κ2) is 7.27. The predicted molar refractivity (Wildman–Crippen MR) is 91.2 cm³/mol. The van der Waals surface area contributed by atoms with Crippen molar-refractivity contribution in [3.63, 3.8) is 0 Å². The number of nitrogens with one attached hydrogen (secondary N) is 1. The highest BCUT2D eigenvalue weighted by molar-refractivity contribution is 14.1. The third kappa shape index (κ3) is 4.60. The third-order valence-corrected chi connectivity index (χ3v) is 5.59. The van der Waals surface area contributed by atoms with Crippen LogP contribution in [0.4, 0.5) is 0 Å². The van der Waals surface area contributed by atoms with Crippen molar-refractivity contribution in [2.75, 3.05) is 6.54 Å². The molecule has 0 spiro atoms. The average molecular weight is 457 g/mol. The molecule has 1 fully saturated rings. The van der Waals surface area contributed by atoms with Crippen LogP contribution in [-0.4, -0.2) is 17.3 Å². The summed E-state index contributed by atoms with van der Waals surface area (Å²) in [6.07, 6.45) is 4.77. The molecule has 0 radical (unpaired) electrons. The number of rotatable bonds is 3. The summed E-state index contributed by atoms with van der Waals surface area (Å²) in [6, 6.07) is 5.40. The molecule has 1 aromatic rings. The molecule has 1 aliphatic rings. The van der Waals surface area contributed by atoms with E-state index in [0.717, 1.165) is 10.1 Å². The van der Waals surface area contributed by atoms with E-state index in [4.69, 9.17) is 11.6 Å². The smallest absolute Gasteiger partial charge is 0.252 e. The molecule has 1 saturated carbocycles. The van der Waals surface area contributed by atoms with Gasteiger partial charge in [0, 0.05) is 20.0 Å². The molecule has 0 aromatic heterocycles. The highest BCUT2D eigenvalue weighted by Crippen LogP contribution is 2.28. The van der Waals surface area contributed by atoms with Crippen LogP contribution in [0.1, 0.15) is 36.0 Å². The van der Waals surface area contributed by atoms with Crippen molar-refractivity contribution in [2.24, 2.45) is 5.92 Å². The molecule has 2 rings (SSSR count). The fraction of sp³-hybridized carbons (Fsp3) is 0.500. The predicted octanol–water partition coefficient (Wildman–Crippen LogP) is 4.63. The van der Waals surface area contributed by atoms with Gasteiger partial charge in [0.05, 0.1) is 5.56 Å². The van der Waals surface area contributed by atoms with E-state index in [2.05, 4.69) is 43.8 Å². The number of halogens is 3. The van der Waals surface area contributed by atoms with Gasteiger partial charge in [-0.05, 0) is 72.4 Å². The van der Waals surface area contributed by atoms with E-state index in [9.17, 15) is 4.79 Å². The summed E-state index contributed by atoms with van der Waals surface area (Å²) in [5.74, 6) is 0.586. The summed E-state index contributed by atoms with van der Waals surface area (Å²) >= 11 is 11.7. The van der Waals surface area contributed by atoms with E-state index in [0.29, 0.717) is 21.3 Å². The molecule has 0 atom stereocenters. The van der Waals surface area contributed by atoms with Crippen LogP contribution >= 0.6 is 50.1 Å². The molecule has 1 amide bonds. The molecule has 1 aromatic carbocycles. The Kier molecular flexibility index (Phi) is 5.96. The Morgan fingerprint density at radius 1 is 1.37 bits per heavy atom. The van der Waals surface area contributed by atoms with Crippen molar-refractivity contribution >= 4 is 56.0 Å². The quantitative estimate of drug-likeness (QED) is 0.522. The molecule has 104 valence electrons. The molecule has 5 heteroatoms. The van der Waals surface area contributed by atoms with Crippen LogP contribution in [0.3, 0.4) is 0 Å². The minimum atomic E-state index is -0.0205. The van der Waals surface area contributed by atoms with Gasteiger partial charge in [-0.2, -0.15) is 0 Å². The van der Waals surface area contributed by atoms with Crippen molar-refractivity contribution in [3.05, 3.63) is 32.4 Å². The zero-order chi connectivity index (χ0) is 13.8. The van der Waals surface area contributed by atoms with Crippen molar-refractivity contribution < 1.29 is 4.79 Å². The Morgan fingerprint density at radius 2 is 2.05 bits per heavy atom. The zero-order valence-corrected chi connectivity index (χ0v) is 15.0. The highest BCUT2D eigenvalue weighted by Gasteiger charge is 2.20. The first kappa shape index (κ1) is 15.6. The molecule has 1 N–H and O–H groups in total. The normalized spacial score (nSPS) is 23.1. The standard InChI is InChI=1S/C14H16BrClINO/c15-10-3-1-9(2-4-10)8-18-14(19)12-7-11(16)5-6-13(12)17/h5-7,9-10H,1-4,8H2,(H,18,19). The van der Waals surface area contributed by atoms with Crippen LogP contribution in [0.2, 0.25) is 5.02 Å². The minimum absolute atomic E-state index is 0.0205. The van der Waals surface area contributed by atoms with Crippen LogP contribution in [0, 0.1) is 9.49 Å². The third-order valence-electron chi connectivity index (χ3n) is 3.50. The monoisotopic (exact) mass is 455 g/mol. The van der Waals surface area contributed by atoms with E-state index in [1.54, 1.807) is 12.1 Å². The summed E-state index contributed by atoms with van der Waals surface area (Å²) in [5, 5.41) is 3.64. The van der Waals surface area contributed by atoms with Gasteiger partial charge in [0.1, 0.15) is 0 Å². The topological polar surface area (TPSA) is 29.1 Å². The second-order valence-electron chi connectivity index (χ2n) is 4.95. The number of hydrogen-bond acceptors (Lipinski definition) is 1. The van der Waals surface area contributed by atoms with E-state index in [1.165, 1.54) is 25.7 Å². The maximum atomic E-state index is 12.1. The lowest BCUT2D eigenvalue weighted by Crippen LogP contribution is -2.31. The van der Waals surface area contributed by atoms with Crippen LogP contribution in [0.25, 0.3) is 0 Å². The van der Waals surface area contributed by atoms with Gasteiger partial charge in [-0.1, -0.05) is 27.5 Å². The Balaban J connectivity index is 1.89. The van der Waals surface area contributed by atoms with Crippen LogP contribution < -0.4 is 5.32 Å². The molecular formula is C14H16BrClINO. The van der Waals surface area contributed by atoms with Crippen LogP contribution in [0.5, 0.6) is 0 Å². The number of alkyl halides is 1. The first-order valence-electron chi connectivity index (χ1n) is 6.43. The number of amides is 1. The van der Waals surface area contributed by atoms with E-state index in [1.807, 2.05) is 6.07 Å². The molecule has 0 aliphatic heterocycles. The largest absolute Gasteiger partial charge is 0.352 e.